The number of rotatable bonds is 5. The number of thioether (sulfide) groups is 1. The quantitative estimate of drug-likeness (QED) is 0.685. The van der Waals surface area contributed by atoms with Gasteiger partial charge in [-0.3, -0.25) is 19.3 Å². The van der Waals surface area contributed by atoms with Crippen molar-refractivity contribution < 1.29 is 19.1 Å². The summed E-state index contributed by atoms with van der Waals surface area (Å²) in [5.74, 6) is -0.209. The summed E-state index contributed by atoms with van der Waals surface area (Å²) in [6.07, 6.45) is 1.37. The molecular formula is C22H21BrN2O4S. The summed E-state index contributed by atoms with van der Waals surface area (Å²) in [6.45, 7) is 1.32. The van der Waals surface area contributed by atoms with E-state index >= 15 is 0 Å². The van der Waals surface area contributed by atoms with Crippen LogP contribution < -0.4 is 5.32 Å². The molecule has 2 aromatic carbocycles. The van der Waals surface area contributed by atoms with Crippen LogP contribution in [0.5, 0.6) is 0 Å². The van der Waals surface area contributed by atoms with Crippen molar-refractivity contribution in [1.29, 1.82) is 0 Å². The summed E-state index contributed by atoms with van der Waals surface area (Å²) < 4.78 is 6.50. The second-order valence-electron chi connectivity index (χ2n) is 7.39. The lowest BCUT2D eigenvalue weighted by Gasteiger charge is -2.38. The Bertz CT molecular complexity index is 975. The van der Waals surface area contributed by atoms with Crippen LogP contribution in [0.3, 0.4) is 0 Å². The third-order valence-electron chi connectivity index (χ3n) is 5.45. The Morgan fingerprint density at radius 3 is 2.60 bits per heavy atom. The van der Waals surface area contributed by atoms with E-state index in [1.165, 1.54) is 4.90 Å². The van der Waals surface area contributed by atoms with Gasteiger partial charge in [-0.1, -0.05) is 52.0 Å². The van der Waals surface area contributed by atoms with Crippen LogP contribution in [0.2, 0.25) is 0 Å². The highest BCUT2D eigenvalue weighted by molar-refractivity contribution is 9.10. The maximum absolute atomic E-state index is 13.2. The predicted molar refractivity (Wildman–Crippen MR) is 118 cm³/mol. The van der Waals surface area contributed by atoms with Crippen molar-refractivity contribution in [3.05, 3.63) is 69.7 Å². The lowest BCUT2D eigenvalue weighted by molar-refractivity contribution is -0.125. The molecule has 0 spiro atoms. The highest BCUT2D eigenvalue weighted by atomic mass is 79.9. The van der Waals surface area contributed by atoms with E-state index in [-0.39, 0.29) is 29.4 Å². The standard InChI is InChI=1S/C22H21BrN2O4S/c23-18-6-2-5-17(12-18)22(7-9-29-10-8-22)24-20(27)16-4-1-3-15(11-16)13-25-19(26)14-30-21(25)28/h1-6,11-12H,7-10,13-14H2,(H,24,27). The van der Waals surface area contributed by atoms with Gasteiger partial charge in [-0.15, -0.1) is 0 Å². The van der Waals surface area contributed by atoms with Gasteiger partial charge in [0.2, 0.25) is 5.91 Å². The minimum Gasteiger partial charge on any atom is -0.381 e. The normalized spacial score (nSPS) is 18.5. The molecule has 30 heavy (non-hydrogen) atoms. The fourth-order valence-electron chi connectivity index (χ4n) is 3.81. The fourth-order valence-corrected chi connectivity index (χ4v) is 4.93. The second kappa shape index (κ2) is 8.91. The first-order valence-electron chi connectivity index (χ1n) is 9.69. The largest absolute Gasteiger partial charge is 0.381 e. The summed E-state index contributed by atoms with van der Waals surface area (Å²) in [6, 6.07) is 15.1. The number of carbonyl (C=O) groups excluding carboxylic acids is 3. The number of amides is 3. The van der Waals surface area contributed by atoms with Crippen LogP contribution in [0, 0.1) is 0 Å². The molecule has 0 aliphatic carbocycles. The van der Waals surface area contributed by atoms with Crippen LogP contribution >= 0.6 is 27.7 Å². The van der Waals surface area contributed by atoms with Crippen LogP contribution in [0.15, 0.2) is 53.0 Å². The Morgan fingerprint density at radius 1 is 1.13 bits per heavy atom. The minimum absolute atomic E-state index is 0.177. The van der Waals surface area contributed by atoms with Gasteiger partial charge in [-0.25, -0.2) is 0 Å². The van der Waals surface area contributed by atoms with Crippen LogP contribution in [0.1, 0.15) is 34.3 Å². The number of ether oxygens (including phenoxy) is 1. The van der Waals surface area contributed by atoms with Gasteiger partial charge in [0, 0.05) is 23.2 Å². The van der Waals surface area contributed by atoms with Gasteiger partial charge < -0.3 is 10.1 Å². The Hall–Kier alpha value is -2.16. The molecule has 0 radical (unpaired) electrons. The van der Waals surface area contributed by atoms with Crippen molar-refractivity contribution in [2.45, 2.75) is 24.9 Å². The van der Waals surface area contributed by atoms with Gasteiger partial charge in [0.15, 0.2) is 0 Å². The number of nitrogens with one attached hydrogen (secondary N) is 1. The van der Waals surface area contributed by atoms with E-state index in [0.29, 0.717) is 31.6 Å². The maximum Gasteiger partial charge on any atom is 0.289 e. The van der Waals surface area contributed by atoms with Gasteiger partial charge >= 0.3 is 0 Å². The third-order valence-corrected chi connectivity index (χ3v) is 6.80. The topological polar surface area (TPSA) is 75.7 Å². The van der Waals surface area contributed by atoms with Crippen molar-refractivity contribution in [3.63, 3.8) is 0 Å². The molecule has 0 atom stereocenters. The van der Waals surface area contributed by atoms with Crippen LogP contribution in [0.25, 0.3) is 0 Å². The van der Waals surface area contributed by atoms with E-state index in [4.69, 9.17) is 4.74 Å². The average molecular weight is 489 g/mol. The summed E-state index contributed by atoms with van der Waals surface area (Å²) >= 11 is 4.53. The Labute approximate surface area is 187 Å². The van der Waals surface area contributed by atoms with Gasteiger partial charge in [0.05, 0.1) is 17.8 Å². The highest BCUT2D eigenvalue weighted by Crippen LogP contribution is 2.34. The van der Waals surface area contributed by atoms with E-state index in [1.54, 1.807) is 18.2 Å². The van der Waals surface area contributed by atoms with Gasteiger partial charge in [-0.2, -0.15) is 0 Å². The highest BCUT2D eigenvalue weighted by Gasteiger charge is 2.36. The van der Waals surface area contributed by atoms with E-state index in [2.05, 4.69) is 21.2 Å². The van der Waals surface area contributed by atoms with Crippen LogP contribution in [-0.2, 0) is 21.6 Å². The first kappa shape index (κ1) is 21.1. The molecule has 0 bridgehead atoms. The molecule has 8 heteroatoms. The molecule has 156 valence electrons. The molecule has 0 aromatic heterocycles. The fraction of sp³-hybridized carbons (Fsp3) is 0.318. The van der Waals surface area contributed by atoms with Crippen molar-refractivity contribution >= 4 is 44.7 Å². The minimum atomic E-state index is -0.507. The summed E-state index contributed by atoms with van der Waals surface area (Å²) in [4.78, 5) is 38.2. The lowest BCUT2D eigenvalue weighted by atomic mass is 9.82. The zero-order valence-electron chi connectivity index (χ0n) is 16.2. The smallest absolute Gasteiger partial charge is 0.289 e. The van der Waals surface area contributed by atoms with E-state index in [1.807, 2.05) is 30.3 Å². The molecule has 2 aromatic rings. The Kier molecular flexibility index (Phi) is 6.26. The summed E-state index contributed by atoms with van der Waals surface area (Å²) in [5, 5.41) is 2.99. The summed E-state index contributed by atoms with van der Waals surface area (Å²) in [5.41, 5.74) is 1.78. The zero-order valence-corrected chi connectivity index (χ0v) is 18.6. The van der Waals surface area contributed by atoms with E-state index in [9.17, 15) is 14.4 Å². The van der Waals surface area contributed by atoms with Crippen molar-refractivity contribution in [2.75, 3.05) is 19.0 Å². The molecule has 3 amide bonds. The molecule has 2 saturated heterocycles. The third kappa shape index (κ3) is 4.45. The number of carbonyl (C=O) groups is 3. The molecule has 2 heterocycles. The molecular weight excluding hydrogens is 468 g/mol. The molecule has 2 aliphatic heterocycles. The molecule has 1 N–H and O–H groups in total. The maximum atomic E-state index is 13.2. The first-order valence-corrected chi connectivity index (χ1v) is 11.5. The van der Waals surface area contributed by atoms with Crippen LogP contribution in [-0.4, -0.2) is 40.9 Å². The number of hydrogen-bond acceptors (Lipinski definition) is 5. The second-order valence-corrected chi connectivity index (χ2v) is 9.24. The van der Waals surface area contributed by atoms with E-state index in [0.717, 1.165) is 27.4 Å². The van der Waals surface area contributed by atoms with Crippen molar-refractivity contribution in [2.24, 2.45) is 0 Å². The number of hydrogen-bond donors (Lipinski definition) is 1. The Morgan fingerprint density at radius 2 is 1.90 bits per heavy atom. The number of benzene rings is 2. The number of halogens is 1. The molecule has 2 fully saturated rings. The molecule has 0 saturated carbocycles. The molecule has 0 unspecified atom stereocenters. The summed E-state index contributed by atoms with van der Waals surface area (Å²) in [7, 11) is 0. The van der Waals surface area contributed by atoms with Gasteiger partial charge in [0.1, 0.15) is 0 Å². The van der Waals surface area contributed by atoms with Gasteiger partial charge in [-0.05, 0) is 48.2 Å². The number of nitrogens with zero attached hydrogens (tertiary/aromatic N) is 1. The van der Waals surface area contributed by atoms with Crippen molar-refractivity contribution in [1.82, 2.24) is 10.2 Å². The lowest BCUT2D eigenvalue weighted by Crippen LogP contribution is -2.49. The van der Waals surface area contributed by atoms with Crippen LogP contribution in [0.4, 0.5) is 4.79 Å². The van der Waals surface area contributed by atoms with E-state index < -0.39 is 5.54 Å². The monoisotopic (exact) mass is 488 g/mol. The zero-order chi connectivity index (χ0) is 21.1. The molecule has 2 aliphatic rings. The molecule has 6 nitrogen and oxygen atoms in total. The Balaban J connectivity index is 1.56. The average Bonchev–Trinajstić information content (AvgIpc) is 3.07. The van der Waals surface area contributed by atoms with Crippen molar-refractivity contribution in [3.8, 4) is 0 Å². The molecule has 4 rings (SSSR count). The SMILES string of the molecule is O=C(NC1(c2cccc(Br)c2)CCOCC1)c1cccc(CN2C(=O)CSC2=O)c1. The predicted octanol–water partition coefficient (Wildman–Crippen LogP) is 4.08. The number of imide groups is 1. The van der Waals surface area contributed by atoms with Gasteiger partial charge in [0.25, 0.3) is 11.1 Å². The first-order chi connectivity index (χ1) is 14.5.